The van der Waals surface area contributed by atoms with Crippen molar-refractivity contribution in [3.05, 3.63) is 16.3 Å². The lowest BCUT2D eigenvalue weighted by Gasteiger charge is -1.96. The van der Waals surface area contributed by atoms with Crippen LogP contribution in [0.2, 0.25) is 0 Å². The molecule has 0 saturated carbocycles. The molecule has 0 aliphatic heterocycles. The van der Waals surface area contributed by atoms with Gasteiger partial charge >= 0.3 is 5.69 Å². The molecule has 1 aromatic rings. The minimum Gasteiger partial charge on any atom is -0.345 e. The molecule has 0 atom stereocenters. The molecule has 6 heteroatoms. The predicted octanol–water partition coefficient (Wildman–Crippen LogP) is -1.61. The summed E-state index contributed by atoms with van der Waals surface area (Å²) in [5.41, 5.74) is -0.363. The minimum absolute atomic E-state index is 0.351. The van der Waals surface area contributed by atoms with Crippen LogP contribution >= 0.6 is 0 Å². The lowest BCUT2D eigenvalue weighted by molar-refractivity contribution is -0.115. The molecule has 6 nitrogen and oxygen atoms in total. The van der Waals surface area contributed by atoms with Gasteiger partial charge in [0.15, 0.2) is 0 Å². The molecule has 0 aliphatic carbocycles. The molecule has 13 heavy (non-hydrogen) atoms. The Morgan fingerprint density at radius 3 is 3.00 bits per heavy atom. The van der Waals surface area contributed by atoms with E-state index >= 15 is 0 Å². The molecule has 0 spiro atoms. The van der Waals surface area contributed by atoms with Crippen molar-refractivity contribution in [2.24, 2.45) is 0 Å². The van der Waals surface area contributed by atoms with Gasteiger partial charge in [-0.1, -0.05) is 0 Å². The van der Waals surface area contributed by atoms with E-state index in [1.165, 1.54) is 0 Å². The van der Waals surface area contributed by atoms with Crippen molar-refractivity contribution in [3.63, 3.8) is 0 Å². The summed E-state index contributed by atoms with van der Waals surface area (Å²) in [6.07, 6.45) is 5.25. The van der Waals surface area contributed by atoms with Gasteiger partial charge in [0.1, 0.15) is 5.82 Å². The third-order valence-corrected chi connectivity index (χ3v) is 1.33. The highest BCUT2D eigenvalue weighted by atomic mass is 16.1. The quantitative estimate of drug-likeness (QED) is 0.489. The molecule has 0 unspecified atom stereocenters. The zero-order valence-electron chi connectivity index (χ0n) is 6.76. The predicted molar refractivity (Wildman–Crippen MR) is 44.8 cm³/mol. The van der Waals surface area contributed by atoms with E-state index < -0.39 is 5.91 Å². The first-order chi connectivity index (χ1) is 6.22. The number of amides is 1. The maximum absolute atomic E-state index is 10.6. The molecule has 0 aromatic carbocycles. The molecule has 1 rings (SSSR count). The van der Waals surface area contributed by atoms with Crippen LogP contribution in [0.15, 0.2) is 4.79 Å². The first kappa shape index (κ1) is 9.06. The van der Waals surface area contributed by atoms with Gasteiger partial charge in [-0.3, -0.25) is 9.78 Å². The smallest absolute Gasteiger partial charge is 0.340 e. The van der Waals surface area contributed by atoms with Crippen molar-refractivity contribution >= 4 is 5.91 Å². The second-order valence-corrected chi connectivity index (χ2v) is 2.27. The van der Waals surface area contributed by atoms with Crippen molar-refractivity contribution in [1.29, 1.82) is 0 Å². The molecule has 0 fully saturated rings. The average molecular weight is 180 g/mol. The second-order valence-electron chi connectivity index (χ2n) is 2.27. The summed E-state index contributed by atoms with van der Waals surface area (Å²) in [4.78, 5) is 23.6. The highest BCUT2D eigenvalue weighted by Crippen LogP contribution is 1.81. The van der Waals surface area contributed by atoms with Gasteiger partial charge in [-0.2, -0.15) is 5.10 Å². The Bertz CT molecular complexity index is 384. The van der Waals surface area contributed by atoms with E-state index in [4.69, 9.17) is 6.42 Å². The van der Waals surface area contributed by atoms with E-state index in [0.717, 1.165) is 0 Å². The van der Waals surface area contributed by atoms with E-state index in [1.807, 2.05) is 5.92 Å². The Kier molecular flexibility index (Phi) is 2.87. The summed E-state index contributed by atoms with van der Waals surface area (Å²) in [6, 6.07) is 0. The largest absolute Gasteiger partial charge is 0.345 e. The van der Waals surface area contributed by atoms with Crippen LogP contribution in [0.4, 0.5) is 0 Å². The molecule has 68 valence electrons. The van der Waals surface area contributed by atoms with Crippen molar-refractivity contribution < 1.29 is 4.79 Å². The number of hydrogen-bond donors (Lipinski definition) is 3. The maximum atomic E-state index is 10.6. The first-order valence-corrected chi connectivity index (χ1v) is 3.60. The molecule has 3 N–H and O–H groups in total. The van der Waals surface area contributed by atoms with Crippen molar-refractivity contribution in [2.45, 2.75) is 6.42 Å². The fourth-order valence-corrected chi connectivity index (χ4v) is 0.769. The summed E-state index contributed by atoms with van der Waals surface area (Å²) >= 11 is 0. The maximum Gasteiger partial charge on any atom is 0.340 e. The van der Waals surface area contributed by atoms with E-state index in [9.17, 15) is 9.59 Å². The molecular formula is C7H8N4O2. The lowest BCUT2D eigenvalue weighted by atomic mass is 10.4. The van der Waals surface area contributed by atoms with Gasteiger partial charge in [0.2, 0.25) is 0 Å². The molecule has 1 amide bonds. The van der Waals surface area contributed by atoms with Gasteiger partial charge in [0.05, 0.1) is 0 Å². The molecule has 0 bridgehead atoms. The number of nitrogens with one attached hydrogen (secondary N) is 3. The van der Waals surface area contributed by atoms with Gasteiger partial charge < -0.3 is 5.32 Å². The average Bonchev–Trinajstić information content (AvgIpc) is 2.51. The van der Waals surface area contributed by atoms with Gasteiger partial charge in [-0.25, -0.2) is 9.89 Å². The van der Waals surface area contributed by atoms with Crippen LogP contribution in [0.5, 0.6) is 0 Å². The van der Waals surface area contributed by atoms with Crippen molar-refractivity contribution in [1.82, 2.24) is 20.5 Å². The van der Waals surface area contributed by atoms with Crippen LogP contribution in [0.3, 0.4) is 0 Å². The number of rotatable bonds is 3. The van der Waals surface area contributed by atoms with Gasteiger partial charge in [-0.15, -0.1) is 6.42 Å². The summed E-state index contributed by atoms with van der Waals surface area (Å²) in [5.74, 6) is 1.92. The Morgan fingerprint density at radius 1 is 1.69 bits per heavy atom. The van der Waals surface area contributed by atoms with Crippen molar-refractivity contribution in [2.75, 3.05) is 6.54 Å². The van der Waals surface area contributed by atoms with Crippen LogP contribution in [0, 0.1) is 12.3 Å². The normalized spacial score (nSPS) is 9.15. The van der Waals surface area contributed by atoms with E-state index in [1.54, 1.807) is 0 Å². The highest BCUT2D eigenvalue weighted by Gasteiger charge is 1.98. The van der Waals surface area contributed by atoms with Gasteiger partial charge in [0.25, 0.3) is 5.91 Å². The molecular weight excluding hydrogens is 172 g/mol. The van der Waals surface area contributed by atoms with E-state index in [0.29, 0.717) is 18.8 Å². The number of aromatic amines is 2. The number of carbonyl (C=O) groups is 1. The number of carbonyl (C=O) groups excluding carboxylic acids is 1. The fraction of sp³-hybridized carbons (Fsp3) is 0.286. The SMILES string of the molecule is C#CC(=O)NCCc1n[nH]c(=O)[nH]1. The molecule has 0 saturated heterocycles. The minimum atomic E-state index is -0.474. The number of H-pyrrole nitrogens is 2. The Labute approximate surface area is 73.7 Å². The molecule has 1 aromatic heterocycles. The summed E-state index contributed by atoms with van der Waals surface area (Å²) < 4.78 is 0. The number of hydrogen-bond acceptors (Lipinski definition) is 3. The Hall–Kier alpha value is -2.03. The third-order valence-electron chi connectivity index (χ3n) is 1.33. The molecule has 1 heterocycles. The number of terminal acetylenes is 1. The van der Waals surface area contributed by atoms with E-state index in [-0.39, 0.29) is 5.69 Å². The standard InChI is InChI=1S/C7H8N4O2/c1-2-6(12)8-4-3-5-9-7(13)11-10-5/h1H,3-4H2,(H,8,12)(H2,9,10,11,13). The van der Waals surface area contributed by atoms with Crippen LogP contribution in [-0.2, 0) is 11.2 Å². The van der Waals surface area contributed by atoms with Crippen LogP contribution in [0.1, 0.15) is 5.82 Å². The highest BCUT2D eigenvalue weighted by molar-refractivity contribution is 5.92. The fourth-order valence-electron chi connectivity index (χ4n) is 0.769. The first-order valence-electron chi connectivity index (χ1n) is 3.60. The van der Waals surface area contributed by atoms with E-state index in [2.05, 4.69) is 20.5 Å². The summed E-state index contributed by atoms with van der Waals surface area (Å²) in [5, 5.41) is 8.29. The van der Waals surface area contributed by atoms with Gasteiger partial charge in [0, 0.05) is 13.0 Å². The van der Waals surface area contributed by atoms with Crippen molar-refractivity contribution in [3.8, 4) is 12.3 Å². The topological polar surface area (TPSA) is 90.6 Å². The molecule has 0 aliphatic rings. The monoisotopic (exact) mass is 180 g/mol. The summed E-state index contributed by atoms with van der Waals surface area (Å²) in [6.45, 7) is 0.351. The zero-order chi connectivity index (χ0) is 9.68. The van der Waals surface area contributed by atoms with Crippen LogP contribution in [-0.4, -0.2) is 27.6 Å². The Balaban J connectivity index is 2.33. The zero-order valence-corrected chi connectivity index (χ0v) is 6.76. The van der Waals surface area contributed by atoms with Crippen LogP contribution < -0.4 is 11.0 Å². The van der Waals surface area contributed by atoms with Gasteiger partial charge in [-0.05, 0) is 5.92 Å². The Morgan fingerprint density at radius 2 is 2.46 bits per heavy atom. The number of aromatic nitrogens is 3. The summed E-state index contributed by atoms with van der Waals surface area (Å²) in [7, 11) is 0. The lowest BCUT2D eigenvalue weighted by Crippen LogP contribution is -2.24. The molecule has 0 radical (unpaired) electrons. The second kappa shape index (κ2) is 4.11. The third kappa shape index (κ3) is 2.83. The number of nitrogens with zero attached hydrogens (tertiary/aromatic N) is 1. The van der Waals surface area contributed by atoms with Crippen LogP contribution in [0.25, 0.3) is 0 Å².